The number of benzene rings is 3. The Morgan fingerprint density at radius 1 is 0.914 bits per heavy atom. The molecule has 1 saturated heterocycles. The second-order valence-corrected chi connectivity index (χ2v) is 8.39. The number of carbonyl (C=O) groups is 3. The minimum absolute atomic E-state index is 0.166. The van der Waals surface area contributed by atoms with Gasteiger partial charge in [-0.05, 0) is 49.2 Å². The van der Waals surface area contributed by atoms with Crippen molar-refractivity contribution < 1.29 is 19.5 Å². The van der Waals surface area contributed by atoms with Crippen molar-refractivity contribution in [1.29, 1.82) is 0 Å². The van der Waals surface area contributed by atoms with Crippen molar-refractivity contribution >= 4 is 35.0 Å². The van der Waals surface area contributed by atoms with E-state index in [-0.39, 0.29) is 17.9 Å². The molecule has 3 aromatic carbocycles. The summed E-state index contributed by atoms with van der Waals surface area (Å²) in [5.41, 5.74) is 4.23. The van der Waals surface area contributed by atoms with Crippen LogP contribution in [0.3, 0.4) is 0 Å². The molecule has 9 nitrogen and oxygen atoms in total. The topological polar surface area (TPSA) is 117 Å². The number of urea groups is 1. The van der Waals surface area contributed by atoms with Gasteiger partial charge >= 0.3 is 6.03 Å². The Morgan fingerprint density at radius 2 is 1.57 bits per heavy atom. The maximum Gasteiger partial charge on any atom is 0.331 e. The van der Waals surface area contributed by atoms with E-state index in [9.17, 15) is 19.5 Å². The van der Waals surface area contributed by atoms with Crippen LogP contribution in [0, 0.1) is 13.8 Å². The van der Waals surface area contributed by atoms with Gasteiger partial charge in [0.1, 0.15) is 28.0 Å². The van der Waals surface area contributed by atoms with Crippen LogP contribution in [0.25, 0.3) is 22.8 Å². The SMILES string of the molecule is Cc1ccc(/C=C2\C(=O)NC(=O)N(Cc3cc(C)cc(-n4nc5ccccc5n4)c3O)C2=O)cc1. The largest absolute Gasteiger partial charge is 0.505 e. The summed E-state index contributed by atoms with van der Waals surface area (Å²) in [6.07, 6.45) is 1.44. The van der Waals surface area contributed by atoms with Gasteiger partial charge in [0.25, 0.3) is 11.8 Å². The zero-order valence-electron chi connectivity index (χ0n) is 19.0. The molecule has 0 radical (unpaired) electrons. The molecule has 1 fully saturated rings. The highest BCUT2D eigenvalue weighted by atomic mass is 16.3. The van der Waals surface area contributed by atoms with E-state index in [0.29, 0.717) is 27.8 Å². The van der Waals surface area contributed by atoms with Crippen LogP contribution in [0.2, 0.25) is 0 Å². The average Bonchev–Trinajstić information content (AvgIpc) is 3.26. The number of aromatic hydroxyl groups is 1. The maximum atomic E-state index is 13.2. The van der Waals surface area contributed by atoms with Crippen LogP contribution in [0.1, 0.15) is 22.3 Å². The summed E-state index contributed by atoms with van der Waals surface area (Å²) < 4.78 is 0. The molecule has 5 rings (SSSR count). The molecule has 0 spiro atoms. The number of aromatic nitrogens is 3. The first-order chi connectivity index (χ1) is 16.8. The van der Waals surface area contributed by atoms with Gasteiger partial charge in [0.2, 0.25) is 0 Å². The van der Waals surface area contributed by atoms with Gasteiger partial charge < -0.3 is 5.11 Å². The number of imide groups is 2. The van der Waals surface area contributed by atoms with Gasteiger partial charge in [-0.15, -0.1) is 15.0 Å². The lowest BCUT2D eigenvalue weighted by atomic mass is 10.0. The van der Waals surface area contributed by atoms with Crippen molar-refractivity contribution in [2.75, 3.05) is 0 Å². The molecule has 4 amide bonds. The first-order valence-corrected chi connectivity index (χ1v) is 10.9. The first kappa shape index (κ1) is 22.0. The highest BCUT2D eigenvalue weighted by molar-refractivity contribution is 6.30. The quantitative estimate of drug-likeness (QED) is 0.351. The van der Waals surface area contributed by atoms with E-state index >= 15 is 0 Å². The molecule has 1 aliphatic heterocycles. The molecule has 0 bridgehead atoms. The van der Waals surface area contributed by atoms with Gasteiger partial charge in [0.05, 0.1) is 6.54 Å². The van der Waals surface area contributed by atoms with Crippen LogP contribution in [-0.2, 0) is 16.1 Å². The summed E-state index contributed by atoms with van der Waals surface area (Å²) >= 11 is 0. The number of fused-ring (bicyclic) bond motifs is 1. The summed E-state index contributed by atoms with van der Waals surface area (Å²) in [5.74, 6) is -1.68. The second kappa shape index (κ2) is 8.53. The number of aryl methyl sites for hydroxylation is 2. The van der Waals surface area contributed by atoms with E-state index in [1.165, 1.54) is 10.9 Å². The fourth-order valence-electron chi connectivity index (χ4n) is 3.91. The molecule has 0 aliphatic carbocycles. The lowest BCUT2D eigenvalue weighted by molar-refractivity contribution is -0.130. The molecular weight excluding hydrogens is 446 g/mol. The van der Waals surface area contributed by atoms with Crippen LogP contribution in [0.5, 0.6) is 5.75 Å². The Kier molecular flexibility index (Phi) is 5.37. The number of phenolic OH excluding ortho intramolecular Hbond substituents is 1. The molecule has 35 heavy (non-hydrogen) atoms. The molecule has 0 atom stereocenters. The van der Waals surface area contributed by atoms with E-state index in [0.717, 1.165) is 16.0 Å². The van der Waals surface area contributed by atoms with E-state index < -0.39 is 17.8 Å². The second-order valence-electron chi connectivity index (χ2n) is 8.39. The van der Waals surface area contributed by atoms with Gasteiger partial charge in [0.15, 0.2) is 0 Å². The third-order valence-corrected chi connectivity index (χ3v) is 5.72. The standard InChI is InChI=1S/C26H21N5O4/c1-15-7-9-17(10-8-15)13-19-24(33)27-26(35)30(25(19)34)14-18-11-16(2)12-22(23(18)32)31-28-20-5-3-4-6-21(20)29-31/h3-13,32H,14H2,1-2H3,(H,27,33,35)/b19-13+. The number of phenols is 1. The minimum atomic E-state index is -0.855. The van der Waals surface area contributed by atoms with E-state index in [4.69, 9.17) is 0 Å². The lowest BCUT2D eigenvalue weighted by Gasteiger charge is -2.27. The summed E-state index contributed by atoms with van der Waals surface area (Å²) in [5, 5.41) is 22.0. The van der Waals surface area contributed by atoms with Crippen LogP contribution >= 0.6 is 0 Å². The van der Waals surface area contributed by atoms with Gasteiger partial charge in [-0.3, -0.25) is 19.8 Å². The number of nitrogens with one attached hydrogen (secondary N) is 1. The maximum absolute atomic E-state index is 13.2. The molecule has 174 valence electrons. The molecule has 1 aliphatic rings. The predicted molar refractivity (Wildman–Crippen MR) is 129 cm³/mol. The number of nitrogens with zero attached hydrogens (tertiary/aromatic N) is 4. The number of amides is 4. The van der Waals surface area contributed by atoms with Gasteiger partial charge in [0, 0.05) is 5.56 Å². The van der Waals surface area contributed by atoms with Gasteiger partial charge in [-0.25, -0.2) is 4.79 Å². The van der Waals surface area contributed by atoms with Crippen LogP contribution in [0.4, 0.5) is 4.79 Å². The van der Waals surface area contributed by atoms with Crippen LogP contribution < -0.4 is 5.32 Å². The lowest BCUT2D eigenvalue weighted by Crippen LogP contribution is -2.53. The third kappa shape index (κ3) is 4.15. The zero-order chi connectivity index (χ0) is 24.7. The zero-order valence-corrected chi connectivity index (χ0v) is 19.0. The fourth-order valence-corrected chi connectivity index (χ4v) is 3.91. The van der Waals surface area contributed by atoms with Gasteiger partial charge in [-0.2, -0.15) is 0 Å². The van der Waals surface area contributed by atoms with Crippen molar-refractivity contribution in [1.82, 2.24) is 25.2 Å². The van der Waals surface area contributed by atoms with Crippen molar-refractivity contribution in [2.24, 2.45) is 0 Å². The Balaban J connectivity index is 1.50. The van der Waals surface area contributed by atoms with Crippen LogP contribution in [-0.4, -0.2) is 42.8 Å². The summed E-state index contributed by atoms with van der Waals surface area (Å²) in [7, 11) is 0. The highest BCUT2D eigenvalue weighted by Gasteiger charge is 2.36. The molecular formula is C26H21N5O4. The number of barbiturate groups is 1. The minimum Gasteiger partial charge on any atom is -0.505 e. The Morgan fingerprint density at radius 3 is 2.23 bits per heavy atom. The molecule has 0 saturated carbocycles. The molecule has 2 heterocycles. The normalized spacial score (nSPS) is 15.2. The fraction of sp³-hybridized carbons (Fsp3) is 0.115. The van der Waals surface area contributed by atoms with Crippen molar-refractivity contribution in [3.8, 4) is 11.4 Å². The van der Waals surface area contributed by atoms with E-state index in [1.807, 2.05) is 50.2 Å². The van der Waals surface area contributed by atoms with E-state index in [2.05, 4.69) is 15.5 Å². The number of carbonyl (C=O) groups excluding carboxylic acids is 3. The number of rotatable bonds is 4. The number of hydrogen-bond acceptors (Lipinski definition) is 6. The third-order valence-electron chi connectivity index (χ3n) is 5.72. The molecule has 9 heteroatoms. The Bertz CT molecular complexity index is 1500. The molecule has 2 N–H and O–H groups in total. The summed E-state index contributed by atoms with van der Waals surface area (Å²) in [6.45, 7) is 3.50. The summed E-state index contributed by atoms with van der Waals surface area (Å²) in [4.78, 5) is 40.3. The van der Waals surface area contributed by atoms with Crippen molar-refractivity contribution in [2.45, 2.75) is 20.4 Å². The highest BCUT2D eigenvalue weighted by Crippen LogP contribution is 2.30. The average molecular weight is 467 g/mol. The monoisotopic (exact) mass is 467 g/mol. The Hall–Kier alpha value is -4.79. The molecule has 0 unspecified atom stereocenters. The first-order valence-electron chi connectivity index (χ1n) is 10.9. The summed E-state index contributed by atoms with van der Waals surface area (Å²) in [6, 6.07) is 17.1. The molecule has 4 aromatic rings. The van der Waals surface area contributed by atoms with Crippen molar-refractivity contribution in [3.63, 3.8) is 0 Å². The smallest absolute Gasteiger partial charge is 0.331 e. The Labute approximate surface area is 200 Å². The number of hydrogen-bond donors (Lipinski definition) is 2. The van der Waals surface area contributed by atoms with E-state index in [1.54, 1.807) is 24.3 Å². The van der Waals surface area contributed by atoms with Crippen molar-refractivity contribution in [3.05, 3.63) is 88.5 Å². The van der Waals surface area contributed by atoms with Crippen LogP contribution in [0.15, 0.2) is 66.2 Å². The van der Waals surface area contributed by atoms with Gasteiger partial charge in [-0.1, -0.05) is 48.0 Å². The predicted octanol–water partition coefficient (Wildman–Crippen LogP) is 3.40. The molecule has 1 aromatic heterocycles.